The van der Waals surface area contributed by atoms with Crippen LogP contribution in [0.1, 0.15) is 20.3 Å². The van der Waals surface area contributed by atoms with E-state index in [1.165, 1.54) is 0 Å². The molecule has 0 saturated heterocycles. The molecule has 0 atom stereocenters. The predicted molar refractivity (Wildman–Crippen MR) is 68.3 cm³/mol. The van der Waals surface area contributed by atoms with Crippen molar-refractivity contribution >= 4 is 27.7 Å². The summed E-state index contributed by atoms with van der Waals surface area (Å²) in [4.78, 5) is 15.5. The summed E-state index contributed by atoms with van der Waals surface area (Å²) >= 11 is 3.28. The first-order chi connectivity index (χ1) is 7.58. The maximum atomic E-state index is 11.5. The number of hydrogen-bond donors (Lipinski definition) is 2. The van der Waals surface area contributed by atoms with E-state index < -0.39 is 0 Å². The number of nitrogens with zero attached hydrogens (tertiary/aromatic N) is 1. The lowest BCUT2D eigenvalue weighted by molar-refractivity contribution is -0.116. The van der Waals surface area contributed by atoms with Gasteiger partial charge in [0.15, 0.2) is 0 Å². The molecular formula is C11H16BrN3O. The Labute approximate surface area is 104 Å². The van der Waals surface area contributed by atoms with Crippen molar-refractivity contribution in [2.24, 2.45) is 0 Å². The van der Waals surface area contributed by atoms with E-state index in [9.17, 15) is 4.79 Å². The van der Waals surface area contributed by atoms with Gasteiger partial charge in [0.1, 0.15) is 5.82 Å². The van der Waals surface area contributed by atoms with Crippen LogP contribution in [0.5, 0.6) is 0 Å². The number of anilines is 1. The van der Waals surface area contributed by atoms with E-state index in [0.717, 1.165) is 4.47 Å². The third-order valence-corrected chi connectivity index (χ3v) is 2.37. The fraction of sp³-hybridized carbons (Fsp3) is 0.455. The average molecular weight is 286 g/mol. The summed E-state index contributed by atoms with van der Waals surface area (Å²) in [7, 11) is 0. The van der Waals surface area contributed by atoms with Crippen molar-refractivity contribution in [1.82, 2.24) is 10.3 Å². The SMILES string of the molecule is CC(C)NCCC(=O)Nc1ccc(Br)cn1. The van der Waals surface area contributed by atoms with Gasteiger partial charge in [0.25, 0.3) is 0 Å². The topological polar surface area (TPSA) is 54.0 Å². The lowest BCUT2D eigenvalue weighted by atomic mass is 10.3. The normalized spacial score (nSPS) is 10.5. The van der Waals surface area contributed by atoms with Gasteiger partial charge in [0, 0.05) is 29.7 Å². The monoisotopic (exact) mass is 285 g/mol. The molecule has 4 nitrogen and oxygen atoms in total. The van der Waals surface area contributed by atoms with Gasteiger partial charge in [-0.3, -0.25) is 4.79 Å². The first kappa shape index (κ1) is 13.1. The van der Waals surface area contributed by atoms with Crippen molar-refractivity contribution in [1.29, 1.82) is 0 Å². The van der Waals surface area contributed by atoms with Crippen molar-refractivity contribution in [3.05, 3.63) is 22.8 Å². The lowest BCUT2D eigenvalue weighted by Crippen LogP contribution is -2.27. The highest BCUT2D eigenvalue weighted by Crippen LogP contribution is 2.10. The fourth-order valence-corrected chi connectivity index (χ4v) is 1.36. The number of carbonyl (C=O) groups excluding carboxylic acids is 1. The molecule has 2 N–H and O–H groups in total. The Morgan fingerprint density at radius 2 is 2.25 bits per heavy atom. The lowest BCUT2D eigenvalue weighted by Gasteiger charge is -2.08. The van der Waals surface area contributed by atoms with Gasteiger partial charge in [0.05, 0.1) is 0 Å². The molecule has 0 aliphatic heterocycles. The Kier molecular flexibility index (Phi) is 5.42. The Hall–Kier alpha value is -0.940. The molecule has 1 rings (SSSR count). The fourth-order valence-electron chi connectivity index (χ4n) is 1.13. The maximum absolute atomic E-state index is 11.5. The third-order valence-electron chi connectivity index (χ3n) is 1.90. The molecular weight excluding hydrogens is 270 g/mol. The second-order valence-electron chi connectivity index (χ2n) is 3.77. The molecule has 0 saturated carbocycles. The minimum absolute atomic E-state index is 0.0250. The van der Waals surface area contributed by atoms with Gasteiger partial charge in [-0.1, -0.05) is 13.8 Å². The number of amides is 1. The van der Waals surface area contributed by atoms with Gasteiger partial charge in [0.2, 0.25) is 5.91 Å². The standard InChI is InChI=1S/C11H16BrN3O/c1-8(2)13-6-5-11(16)15-10-4-3-9(12)7-14-10/h3-4,7-8,13H,5-6H2,1-2H3,(H,14,15,16). The number of rotatable bonds is 5. The zero-order valence-corrected chi connectivity index (χ0v) is 11.0. The zero-order chi connectivity index (χ0) is 12.0. The van der Waals surface area contributed by atoms with Crippen LogP contribution in [0.25, 0.3) is 0 Å². The summed E-state index contributed by atoms with van der Waals surface area (Å²) < 4.78 is 0.895. The summed E-state index contributed by atoms with van der Waals surface area (Å²) in [6.07, 6.45) is 2.11. The summed E-state index contributed by atoms with van der Waals surface area (Å²) in [5.41, 5.74) is 0. The molecule has 0 fully saturated rings. The predicted octanol–water partition coefficient (Wildman–Crippen LogP) is 2.17. The molecule has 1 aromatic heterocycles. The molecule has 1 aromatic rings. The number of nitrogens with one attached hydrogen (secondary N) is 2. The van der Waals surface area contributed by atoms with Crippen molar-refractivity contribution < 1.29 is 4.79 Å². The van der Waals surface area contributed by atoms with Gasteiger partial charge < -0.3 is 10.6 Å². The van der Waals surface area contributed by atoms with Crippen LogP contribution < -0.4 is 10.6 Å². The molecule has 0 radical (unpaired) electrons. The van der Waals surface area contributed by atoms with Crippen LogP contribution in [0.3, 0.4) is 0 Å². The minimum atomic E-state index is -0.0250. The van der Waals surface area contributed by atoms with Crippen LogP contribution in [0.15, 0.2) is 22.8 Å². The molecule has 0 aromatic carbocycles. The summed E-state index contributed by atoms with van der Waals surface area (Å²) in [6.45, 7) is 4.78. The minimum Gasteiger partial charge on any atom is -0.314 e. The Morgan fingerprint density at radius 1 is 1.50 bits per heavy atom. The second kappa shape index (κ2) is 6.60. The highest BCUT2D eigenvalue weighted by atomic mass is 79.9. The molecule has 1 heterocycles. The van der Waals surface area contributed by atoms with Gasteiger partial charge in [-0.2, -0.15) is 0 Å². The highest BCUT2D eigenvalue weighted by Gasteiger charge is 2.03. The van der Waals surface area contributed by atoms with Crippen molar-refractivity contribution in [2.75, 3.05) is 11.9 Å². The van der Waals surface area contributed by atoms with E-state index in [0.29, 0.717) is 24.8 Å². The van der Waals surface area contributed by atoms with E-state index in [1.54, 1.807) is 12.3 Å². The number of aromatic nitrogens is 1. The molecule has 16 heavy (non-hydrogen) atoms. The van der Waals surface area contributed by atoms with Gasteiger partial charge in [-0.15, -0.1) is 0 Å². The number of pyridine rings is 1. The van der Waals surface area contributed by atoms with E-state index in [4.69, 9.17) is 0 Å². The Morgan fingerprint density at radius 3 is 2.81 bits per heavy atom. The third kappa shape index (κ3) is 5.23. The molecule has 0 aliphatic rings. The second-order valence-corrected chi connectivity index (χ2v) is 4.68. The van der Waals surface area contributed by atoms with E-state index in [2.05, 4.69) is 31.5 Å². The summed E-state index contributed by atoms with van der Waals surface area (Å²) in [5, 5.41) is 5.91. The summed E-state index contributed by atoms with van der Waals surface area (Å²) in [6, 6.07) is 4.01. The van der Waals surface area contributed by atoms with Crippen LogP contribution in [0.2, 0.25) is 0 Å². The molecule has 0 bridgehead atoms. The Bertz CT molecular complexity index is 338. The van der Waals surface area contributed by atoms with Crippen LogP contribution in [-0.4, -0.2) is 23.5 Å². The number of halogens is 1. The molecule has 0 spiro atoms. The van der Waals surface area contributed by atoms with Crippen LogP contribution >= 0.6 is 15.9 Å². The van der Waals surface area contributed by atoms with Gasteiger partial charge in [-0.25, -0.2) is 4.98 Å². The molecule has 0 unspecified atom stereocenters. The van der Waals surface area contributed by atoms with Crippen molar-refractivity contribution in [2.45, 2.75) is 26.3 Å². The zero-order valence-electron chi connectivity index (χ0n) is 9.46. The first-order valence-corrected chi connectivity index (χ1v) is 6.02. The number of carbonyl (C=O) groups is 1. The Balaban J connectivity index is 2.31. The van der Waals surface area contributed by atoms with Crippen LogP contribution in [0.4, 0.5) is 5.82 Å². The molecule has 5 heteroatoms. The molecule has 88 valence electrons. The smallest absolute Gasteiger partial charge is 0.226 e. The van der Waals surface area contributed by atoms with E-state index >= 15 is 0 Å². The van der Waals surface area contributed by atoms with Gasteiger partial charge >= 0.3 is 0 Å². The van der Waals surface area contributed by atoms with Crippen LogP contribution in [-0.2, 0) is 4.79 Å². The van der Waals surface area contributed by atoms with Gasteiger partial charge in [-0.05, 0) is 28.1 Å². The van der Waals surface area contributed by atoms with Crippen molar-refractivity contribution in [3.8, 4) is 0 Å². The average Bonchev–Trinajstić information content (AvgIpc) is 2.21. The largest absolute Gasteiger partial charge is 0.314 e. The molecule has 0 aliphatic carbocycles. The highest BCUT2D eigenvalue weighted by molar-refractivity contribution is 9.10. The maximum Gasteiger partial charge on any atom is 0.226 e. The summed E-state index contributed by atoms with van der Waals surface area (Å²) in [5.74, 6) is 0.556. The quantitative estimate of drug-likeness (QED) is 0.872. The first-order valence-electron chi connectivity index (χ1n) is 5.22. The van der Waals surface area contributed by atoms with E-state index in [1.807, 2.05) is 19.9 Å². The number of hydrogen-bond acceptors (Lipinski definition) is 3. The molecule has 1 amide bonds. The van der Waals surface area contributed by atoms with E-state index in [-0.39, 0.29) is 5.91 Å². The van der Waals surface area contributed by atoms with Crippen LogP contribution in [0, 0.1) is 0 Å². The van der Waals surface area contributed by atoms with Crippen molar-refractivity contribution in [3.63, 3.8) is 0 Å².